The molecule has 0 aliphatic rings. The number of aromatic nitrogens is 3. The van der Waals surface area contributed by atoms with Gasteiger partial charge in [0.1, 0.15) is 0 Å². The van der Waals surface area contributed by atoms with Crippen molar-refractivity contribution >= 4 is 0 Å². The van der Waals surface area contributed by atoms with Crippen molar-refractivity contribution < 1.29 is 5.11 Å². The predicted molar refractivity (Wildman–Crippen MR) is 77.8 cm³/mol. The summed E-state index contributed by atoms with van der Waals surface area (Å²) in [6.45, 7) is 3.62. The number of pyridine rings is 1. The van der Waals surface area contributed by atoms with E-state index in [1.165, 1.54) is 12.5 Å². The zero-order valence-corrected chi connectivity index (χ0v) is 11.8. The van der Waals surface area contributed by atoms with E-state index in [0.29, 0.717) is 5.69 Å². The molecule has 20 heavy (non-hydrogen) atoms. The molecule has 0 aromatic carbocycles. The van der Waals surface area contributed by atoms with E-state index in [1.54, 1.807) is 19.3 Å². The Kier molecular flexibility index (Phi) is 4.98. The van der Waals surface area contributed by atoms with Crippen LogP contribution in [0.4, 0.5) is 0 Å². The molecule has 0 amide bonds. The number of hydrogen-bond donors (Lipinski definition) is 1. The standard InChI is InChI=1S/C15H21N3O2/c1-13-15(20)14(19)6-10-18(13)9-5-3-2-4-8-17-11-7-16-12-17/h6-7,10-12,20H,2-5,8-9H2,1H3. The number of aromatic hydroxyl groups is 1. The van der Waals surface area contributed by atoms with Crippen LogP contribution in [-0.2, 0) is 13.1 Å². The van der Waals surface area contributed by atoms with E-state index < -0.39 is 0 Å². The summed E-state index contributed by atoms with van der Waals surface area (Å²) in [6.07, 6.45) is 11.9. The summed E-state index contributed by atoms with van der Waals surface area (Å²) in [4.78, 5) is 15.3. The maximum Gasteiger partial charge on any atom is 0.223 e. The molecule has 5 nitrogen and oxygen atoms in total. The van der Waals surface area contributed by atoms with E-state index >= 15 is 0 Å². The summed E-state index contributed by atoms with van der Waals surface area (Å²) >= 11 is 0. The van der Waals surface area contributed by atoms with E-state index in [-0.39, 0.29) is 11.2 Å². The van der Waals surface area contributed by atoms with Gasteiger partial charge in [-0.1, -0.05) is 12.8 Å². The van der Waals surface area contributed by atoms with Crippen LogP contribution >= 0.6 is 0 Å². The van der Waals surface area contributed by atoms with Crippen molar-refractivity contribution in [3.8, 4) is 5.75 Å². The van der Waals surface area contributed by atoms with Crippen molar-refractivity contribution in [2.24, 2.45) is 0 Å². The molecule has 0 fully saturated rings. The Hall–Kier alpha value is -2.04. The van der Waals surface area contributed by atoms with Crippen molar-refractivity contribution in [1.82, 2.24) is 14.1 Å². The van der Waals surface area contributed by atoms with Crippen LogP contribution in [0.1, 0.15) is 31.4 Å². The fourth-order valence-electron chi connectivity index (χ4n) is 2.25. The second-order valence-electron chi connectivity index (χ2n) is 5.02. The largest absolute Gasteiger partial charge is 0.503 e. The molecule has 1 N–H and O–H groups in total. The van der Waals surface area contributed by atoms with Gasteiger partial charge in [0.05, 0.1) is 12.0 Å². The zero-order valence-electron chi connectivity index (χ0n) is 11.8. The SMILES string of the molecule is Cc1c(O)c(=O)ccn1CCCCCCn1ccnc1. The van der Waals surface area contributed by atoms with Crippen molar-refractivity contribution in [3.05, 3.63) is 46.9 Å². The third-order valence-corrected chi connectivity index (χ3v) is 3.54. The van der Waals surface area contributed by atoms with Crippen LogP contribution in [-0.4, -0.2) is 19.2 Å². The van der Waals surface area contributed by atoms with Crippen LogP contribution in [0.15, 0.2) is 35.8 Å². The van der Waals surface area contributed by atoms with Crippen molar-refractivity contribution in [1.29, 1.82) is 0 Å². The molecule has 0 spiro atoms. The summed E-state index contributed by atoms with van der Waals surface area (Å²) in [5.74, 6) is -0.132. The molecule has 2 rings (SSSR count). The molecule has 0 saturated carbocycles. The summed E-state index contributed by atoms with van der Waals surface area (Å²) < 4.78 is 4.02. The number of rotatable bonds is 7. The van der Waals surface area contributed by atoms with E-state index in [1.807, 2.05) is 17.1 Å². The molecule has 0 bridgehead atoms. The van der Waals surface area contributed by atoms with Gasteiger partial charge in [-0.3, -0.25) is 4.79 Å². The average Bonchev–Trinajstić information content (AvgIpc) is 2.95. The average molecular weight is 275 g/mol. The highest BCUT2D eigenvalue weighted by molar-refractivity contribution is 5.25. The van der Waals surface area contributed by atoms with Gasteiger partial charge in [0, 0.05) is 37.7 Å². The Bertz CT molecular complexity index is 588. The van der Waals surface area contributed by atoms with Gasteiger partial charge < -0.3 is 14.2 Å². The Morgan fingerprint density at radius 3 is 2.60 bits per heavy atom. The second kappa shape index (κ2) is 6.93. The molecular formula is C15H21N3O2. The summed E-state index contributed by atoms with van der Waals surface area (Å²) in [5.41, 5.74) is 0.343. The molecule has 2 aromatic heterocycles. The Balaban J connectivity index is 1.68. The lowest BCUT2D eigenvalue weighted by Gasteiger charge is -2.11. The number of unbranched alkanes of at least 4 members (excludes halogenated alkanes) is 3. The highest BCUT2D eigenvalue weighted by Gasteiger charge is 2.04. The van der Waals surface area contributed by atoms with Gasteiger partial charge in [-0.25, -0.2) is 4.98 Å². The number of hydrogen-bond acceptors (Lipinski definition) is 3. The quantitative estimate of drug-likeness (QED) is 0.789. The first kappa shape index (κ1) is 14.4. The van der Waals surface area contributed by atoms with Gasteiger partial charge in [-0.15, -0.1) is 0 Å². The molecule has 0 saturated heterocycles. The summed E-state index contributed by atoms with van der Waals surface area (Å²) in [6, 6.07) is 1.42. The molecule has 0 unspecified atom stereocenters. The van der Waals surface area contributed by atoms with Crippen molar-refractivity contribution in [2.75, 3.05) is 0 Å². The van der Waals surface area contributed by atoms with Gasteiger partial charge in [0.15, 0.2) is 5.75 Å². The maximum absolute atomic E-state index is 11.2. The predicted octanol–water partition coefficient (Wildman–Crippen LogP) is 2.32. The van der Waals surface area contributed by atoms with Gasteiger partial charge >= 0.3 is 0 Å². The van der Waals surface area contributed by atoms with Crippen LogP contribution in [0.3, 0.4) is 0 Å². The molecular weight excluding hydrogens is 254 g/mol. The molecule has 0 atom stereocenters. The van der Waals surface area contributed by atoms with Crippen molar-refractivity contribution in [2.45, 2.75) is 45.7 Å². The Labute approximate surface area is 118 Å². The molecule has 5 heteroatoms. The van der Waals surface area contributed by atoms with E-state index in [9.17, 15) is 9.90 Å². The van der Waals surface area contributed by atoms with Crippen LogP contribution in [0.2, 0.25) is 0 Å². The van der Waals surface area contributed by atoms with E-state index in [4.69, 9.17) is 0 Å². The molecule has 0 radical (unpaired) electrons. The minimum atomic E-state index is -0.306. The Morgan fingerprint density at radius 2 is 1.90 bits per heavy atom. The van der Waals surface area contributed by atoms with Gasteiger partial charge in [0.25, 0.3) is 0 Å². The lowest BCUT2D eigenvalue weighted by Crippen LogP contribution is -2.10. The molecule has 0 aliphatic carbocycles. The normalized spacial score (nSPS) is 10.8. The maximum atomic E-state index is 11.2. The minimum absolute atomic E-state index is 0.132. The van der Waals surface area contributed by atoms with E-state index in [2.05, 4.69) is 9.55 Å². The summed E-state index contributed by atoms with van der Waals surface area (Å²) in [5, 5.41) is 9.59. The topological polar surface area (TPSA) is 60.0 Å². The van der Waals surface area contributed by atoms with Gasteiger partial charge in [-0.05, 0) is 19.8 Å². The minimum Gasteiger partial charge on any atom is -0.503 e. The van der Waals surface area contributed by atoms with Crippen molar-refractivity contribution in [3.63, 3.8) is 0 Å². The fraction of sp³-hybridized carbons (Fsp3) is 0.467. The molecule has 2 heterocycles. The van der Waals surface area contributed by atoms with Crippen LogP contribution in [0.25, 0.3) is 0 Å². The van der Waals surface area contributed by atoms with Crippen LogP contribution in [0, 0.1) is 6.92 Å². The first-order chi connectivity index (χ1) is 9.68. The van der Waals surface area contributed by atoms with Crippen LogP contribution in [0.5, 0.6) is 5.75 Å². The fourth-order valence-corrected chi connectivity index (χ4v) is 2.25. The first-order valence-electron chi connectivity index (χ1n) is 7.03. The third-order valence-electron chi connectivity index (χ3n) is 3.54. The highest BCUT2D eigenvalue weighted by atomic mass is 16.3. The molecule has 108 valence electrons. The molecule has 2 aromatic rings. The Morgan fingerprint density at radius 1 is 1.15 bits per heavy atom. The first-order valence-corrected chi connectivity index (χ1v) is 7.03. The second-order valence-corrected chi connectivity index (χ2v) is 5.02. The third kappa shape index (κ3) is 3.73. The number of aryl methyl sites for hydroxylation is 2. The zero-order chi connectivity index (χ0) is 14.4. The number of nitrogens with zero attached hydrogens (tertiary/aromatic N) is 3. The highest BCUT2D eigenvalue weighted by Crippen LogP contribution is 2.11. The smallest absolute Gasteiger partial charge is 0.223 e. The van der Waals surface area contributed by atoms with E-state index in [0.717, 1.165) is 32.4 Å². The van der Waals surface area contributed by atoms with Crippen LogP contribution < -0.4 is 5.43 Å². The molecule has 0 aliphatic heterocycles. The van der Waals surface area contributed by atoms with Gasteiger partial charge in [-0.2, -0.15) is 0 Å². The van der Waals surface area contributed by atoms with Gasteiger partial charge in [0.2, 0.25) is 5.43 Å². The monoisotopic (exact) mass is 275 g/mol. The summed E-state index contributed by atoms with van der Waals surface area (Å²) in [7, 11) is 0. The lowest BCUT2D eigenvalue weighted by atomic mass is 10.2. The lowest BCUT2D eigenvalue weighted by molar-refractivity contribution is 0.449. The number of imidazole rings is 1.